The SMILES string of the molecule is O=c1c(-n2ccnc2)c[nH]n1-c1cnccn1. The van der Waals surface area contributed by atoms with Crippen molar-refractivity contribution in [3.63, 3.8) is 0 Å². The second-order valence-electron chi connectivity index (χ2n) is 3.33. The average Bonchev–Trinajstić information content (AvgIpc) is 2.99. The number of imidazole rings is 1. The molecule has 0 radical (unpaired) electrons. The first-order valence-corrected chi connectivity index (χ1v) is 4.91. The van der Waals surface area contributed by atoms with Gasteiger partial charge in [0.1, 0.15) is 5.69 Å². The molecular formula is C10H8N6O. The van der Waals surface area contributed by atoms with E-state index in [4.69, 9.17) is 0 Å². The lowest BCUT2D eigenvalue weighted by molar-refractivity contribution is 0.809. The van der Waals surface area contributed by atoms with Crippen molar-refractivity contribution in [2.75, 3.05) is 0 Å². The summed E-state index contributed by atoms with van der Waals surface area (Å²) in [6.45, 7) is 0. The van der Waals surface area contributed by atoms with Crippen molar-refractivity contribution in [1.29, 1.82) is 0 Å². The minimum Gasteiger partial charge on any atom is -0.300 e. The summed E-state index contributed by atoms with van der Waals surface area (Å²) in [7, 11) is 0. The first-order chi connectivity index (χ1) is 8.36. The van der Waals surface area contributed by atoms with Crippen molar-refractivity contribution in [2.24, 2.45) is 0 Å². The Hall–Kier alpha value is -2.70. The fourth-order valence-corrected chi connectivity index (χ4v) is 1.52. The van der Waals surface area contributed by atoms with E-state index in [2.05, 4.69) is 20.1 Å². The van der Waals surface area contributed by atoms with E-state index in [0.29, 0.717) is 11.5 Å². The quantitative estimate of drug-likeness (QED) is 0.676. The Kier molecular flexibility index (Phi) is 2.08. The second kappa shape index (κ2) is 3.71. The molecule has 0 bridgehead atoms. The third-order valence-corrected chi connectivity index (χ3v) is 2.31. The first-order valence-electron chi connectivity index (χ1n) is 4.91. The fourth-order valence-electron chi connectivity index (χ4n) is 1.52. The number of nitrogens with one attached hydrogen (secondary N) is 1. The molecule has 0 aromatic carbocycles. The lowest BCUT2D eigenvalue weighted by Gasteiger charge is -1.97. The molecule has 0 unspecified atom stereocenters. The summed E-state index contributed by atoms with van der Waals surface area (Å²) in [5.41, 5.74) is 0.275. The molecule has 3 aromatic rings. The Morgan fingerprint density at radius 2 is 2.12 bits per heavy atom. The molecule has 3 rings (SSSR count). The van der Waals surface area contributed by atoms with Crippen molar-refractivity contribution >= 4 is 0 Å². The molecular weight excluding hydrogens is 220 g/mol. The summed E-state index contributed by atoms with van der Waals surface area (Å²) in [4.78, 5) is 23.9. The number of rotatable bonds is 2. The van der Waals surface area contributed by atoms with Crippen LogP contribution < -0.4 is 5.56 Å². The summed E-state index contributed by atoms with van der Waals surface area (Å²) in [6.07, 6.45) is 11.1. The predicted molar refractivity (Wildman–Crippen MR) is 59.1 cm³/mol. The molecule has 0 saturated carbocycles. The monoisotopic (exact) mass is 228 g/mol. The van der Waals surface area contributed by atoms with Crippen LogP contribution in [0.2, 0.25) is 0 Å². The van der Waals surface area contributed by atoms with Gasteiger partial charge in [0.25, 0.3) is 5.56 Å². The zero-order chi connectivity index (χ0) is 11.7. The van der Waals surface area contributed by atoms with Gasteiger partial charge in [0.15, 0.2) is 5.82 Å². The summed E-state index contributed by atoms with van der Waals surface area (Å²) in [5.74, 6) is 0.448. The maximum atomic E-state index is 12.1. The molecule has 0 aliphatic carbocycles. The van der Waals surface area contributed by atoms with Gasteiger partial charge in [-0.05, 0) is 0 Å². The highest BCUT2D eigenvalue weighted by molar-refractivity contribution is 5.29. The molecule has 0 atom stereocenters. The zero-order valence-electron chi connectivity index (χ0n) is 8.69. The van der Waals surface area contributed by atoms with Crippen LogP contribution in [-0.2, 0) is 0 Å². The summed E-state index contributed by atoms with van der Waals surface area (Å²) < 4.78 is 2.95. The molecule has 0 aliphatic rings. The lowest BCUT2D eigenvalue weighted by atomic mass is 10.5. The molecule has 0 aliphatic heterocycles. The van der Waals surface area contributed by atoms with Gasteiger partial charge in [0.05, 0.1) is 12.5 Å². The third kappa shape index (κ3) is 1.53. The van der Waals surface area contributed by atoms with E-state index in [9.17, 15) is 4.79 Å². The Labute approximate surface area is 95.4 Å². The van der Waals surface area contributed by atoms with Crippen molar-refractivity contribution < 1.29 is 0 Å². The van der Waals surface area contributed by atoms with Crippen LogP contribution in [0, 0.1) is 0 Å². The first kappa shape index (κ1) is 9.52. The van der Waals surface area contributed by atoms with E-state index in [0.717, 1.165) is 0 Å². The van der Waals surface area contributed by atoms with E-state index in [1.807, 2.05) is 0 Å². The Balaban J connectivity index is 2.14. The van der Waals surface area contributed by atoms with Crippen LogP contribution >= 0.6 is 0 Å². The molecule has 0 fully saturated rings. The van der Waals surface area contributed by atoms with Crippen LogP contribution in [0.4, 0.5) is 0 Å². The Morgan fingerprint density at radius 1 is 1.18 bits per heavy atom. The van der Waals surface area contributed by atoms with Crippen LogP contribution in [0.15, 0.2) is 48.3 Å². The Morgan fingerprint density at radius 3 is 2.82 bits per heavy atom. The van der Waals surface area contributed by atoms with Crippen molar-refractivity contribution in [2.45, 2.75) is 0 Å². The fraction of sp³-hybridized carbons (Fsp3) is 0. The molecule has 1 N–H and O–H groups in total. The summed E-state index contributed by atoms with van der Waals surface area (Å²) >= 11 is 0. The van der Waals surface area contributed by atoms with Crippen LogP contribution in [-0.4, -0.2) is 29.3 Å². The number of aromatic amines is 1. The molecule has 84 valence electrons. The molecule has 0 spiro atoms. The largest absolute Gasteiger partial charge is 0.300 e. The van der Waals surface area contributed by atoms with Gasteiger partial charge in [-0.3, -0.25) is 19.4 Å². The number of nitrogens with zero attached hydrogens (tertiary/aromatic N) is 5. The zero-order valence-corrected chi connectivity index (χ0v) is 8.69. The van der Waals surface area contributed by atoms with Gasteiger partial charge in [0.2, 0.25) is 0 Å². The van der Waals surface area contributed by atoms with Crippen LogP contribution in [0.25, 0.3) is 11.5 Å². The van der Waals surface area contributed by atoms with Gasteiger partial charge >= 0.3 is 0 Å². The van der Waals surface area contributed by atoms with Gasteiger partial charge in [-0.15, -0.1) is 0 Å². The van der Waals surface area contributed by atoms with Crippen LogP contribution in [0.3, 0.4) is 0 Å². The molecule has 7 nitrogen and oxygen atoms in total. The van der Waals surface area contributed by atoms with Crippen LogP contribution in [0.5, 0.6) is 0 Å². The maximum absolute atomic E-state index is 12.1. The minimum atomic E-state index is -0.205. The molecule has 3 aromatic heterocycles. The van der Waals surface area contributed by atoms with Crippen molar-refractivity contribution in [3.8, 4) is 11.5 Å². The van der Waals surface area contributed by atoms with Gasteiger partial charge in [-0.1, -0.05) is 0 Å². The number of hydrogen-bond acceptors (Lipinski definition) is 4. The number of H-pyrrole nitrogens is 1. The Bertz CT molecular complexity index is 666. The molecule has 17 heavy (non-hydrogen) atoms. The third-order valence-electron chi connectivity index (χ3n) is 2.31. The molecule has 0 amide bonds. The highest BCUT2D eigenvalue weighted by Crippen LogP contribution is 2.02. The molecule has 0 saturated heterocycles. The predicted octanol–water partition coefficient (Wildman–Crippen LogP) is 0.141. The van der Waals surface area contributed by atoms with Crippen molar-refractivity contribution in [3.05, 3.63) is 53.9 Å². The smallest absolute Gasteiger partial charge is 0.296 e. The lowest BCUT2D eigenvalue weighted by Crippen LogP contribution is -2.18. The van der Waals surface area contributed by atoms with Crippen LogP contribution in [0.1, 0.15) is 0 Å². The highest BCUT2D eigenvalue weighted by atomic mass is 16.1. The van der Waals surface area contributed by atoms with E-state index < -0.39 is 0 Å². The molecule has 7 heteroatoms. The van der Waals surface area contributed by atoms with E-state index in [1.54, 1.807) is 35.7 Å². The van der Waals surface area contributed by atoms with E-state index in [-0.39, 0.29) is 5.56 Å². The van der Waals surface area contributed by atoms with Gasteiger partial charge < -0.3 is 0 Å². The minimum absolute atomic E-state index is 0.205. The number of hydrogen-bond donors (Lipinski definition) is 1. The highest BCUT2D eigenvalue weighted by Gasteiger charge is 2.09. The van der Waals surface area contributed by atoms with Gasteiger partial charge in [-0.2, -0.15) is 4.68 Å². The van der Waals surface area contributed by atoms with E-state index >= 15 is 0 Å². The van der Waals surface area contributed by atoms with Gasteiger partial charge in [-0.25, -0.2) is 9.97 Å². The van der Waals surface area contributed by atoms with E-state index in [1.165, 1.54) is 17.1 Å². The topological polar surface area (TPSA) is 81.4 Å². The second-order valence-corrected chi connectivity index (χ2v) is 3.33. The summed E-state index contributed by atoms with van der Waals surface area (Å²) in [5, 5.41) is 2.83. The normalized spacial score (nSPS) is 10.6. The standard InChI is InChI=1S/C10H8N6O/c17-10-8(15-4-3-12-7-15)5-14-16(10)9-6-11-1-2-13-9/h1-7,14H. The number of aromatic nitrogens is 6. The van der Waals surface area contributed by atoms with Gasteiger partial charge in [0, 0.05) is 31.0 Å². The average molecular weight is 228 g/mol. The maximum Gasteiger partial charge on any atom is 0.296 e. The molecule has 3 heterocycles. The van der Waals surface area contributed by atoms with Crippen molar-refractivity contribution in [1.82, 2.24) is 29.3 Å². The summed E-state index contributed by atoms with van der Waals surface area (Å²) in [6, 6.07) is 0.